The highest BCUT2D eigenvalue weighted by Crippen LogP contribution is 2.15. The van der Waals surface area contributed by atoms with Gasteiger partial charge in [0.2, 0.25) is 0 Å². The molecule has 0 saturated heterocycles. The predicted molar refractivity (Wildman–Crippen MR) is 59.7 cm³/mol. The van der Waals surface area contributed by atoms with Crippen LogP contribution in [0, 0.1) is 0 Å². The first kappa shape index (κ1) is 12.1. The summed E-state index contributed by atoms with van der Waals surface area (Å²) in [5.74, 6) is 1.80. The smallest absolute Gasteiger partial charge is 0.130 e. The Kier molecular flexibility index (Phi) is 3.83. The van der Waals surface area contributed by atoms with Crippen molar-refractivity contribution in [2.45, 2.75) is 25.4 Å². The summed E-state index contributed by atoms with van der Waals surface area (Å²) in [5, 5.41) is 12.4. The Morgan fingerprint density at radius 1 is 1.73 bits per heavy atom. The van der Waals surface area contributed by atoms with Crippen LogP contribution in [0.2, 0.25) is 0 Å². The molecule has 1 heterocycles. The highest BCUT2D eigenvalue weighted by molar-refractivity contribution is 6.67. The van der Waals surface area contributed by atoms with E-state index in [1.807, 2.05) is 0 Å². The third kappa shape index (κ3) is 3.01. The number of aliphatic imine (C=N–C) groups is 1. The Balaban J connectivity index is 2.89. The number of hydrogen-bond donors (Lipinski definition) is 2. The van der Waals surface area contributed by atoms with Gasteiger partial charge in [-0.3, -0.25) is 5.32 Å². The maximum Gasteiger partial charge on any atom is 0.130 e. The van der Waals surface area contributed by atoms with Gasteiger partial charge in [0.05, 0.1) is 18.2 Å². The van der Waals surface area contributed by atoms with Crippen molar-refractivity contribution in [1.29, 1.82) is 0 Å². The van der Waals surface area contributed by atoms with E-state index in [-0.39, 0.29) is 11.8 Å². The van der Waals surface area contributed by atoms with Crippen LogP contribution in [0.25, 0.3) is 0 Å². The zero-order valence-electron chi connectivity index (χ0n) is 8.62. The normalized spacial score (nSPS) is 21.2. The van der Waals surface area contributed by atoms with Crippen LogP contribution >= 0.6 is 11.6 Å². The monoisotopic (exact) mass is 228 g/mol. The molecule has 0 amide bonds. The van der Waals surface area contributed by atoms with Crippen molar-refractivity contribution in [3.8, 4) is 0 Å². The zero-order chi connectivity index (χ0) is 11.5. The first-order chi connectivity index (χ1) is 7.00. The lowest BCUT2D eigenvalue weighted by molar-refractivity contribution is 0.187. The second-order valence-corrected chi connectivity index (χ2v) is 4.33. The second-order valence-electron chi connectivity index (χ2n) is 3.94. The Morgan fingerprint density at radius 3 is 2.93 bits per heavy atom. The van der Waals surface area contributed by atoms with Crippen molar-refractivity contribution >= 4 is 22.7 Å². The van der Waals surface area contributed by atoms with E-state index in [4.69, 9.17) is 16.7 Å². The van der Waals surface area contributed by atoms with Crippen molar-refractivity contribution in [1.82, 2.24) is 5.32 Å². The minimum atomic E-state index is -0.534. The number of nitrogens with zero attached hydrogens (tertiary/aromatic N) is 1. The number of carbonyl (C=O) groups excluding carboxylic acids is 1. The summed E-state index contributed by atoms with van der Waals surface area (Å²) < 4.78 is 0. The van der Waals surface area contributed by atoms with E-state index in [1.165, 1.54) is 6.20 Å². The molecule has 1 aliphatic rings. The molecule has 0 aromatic rings. The summed E-state index contributed by atoms with van der Waals surface area (Å²) in [6.07, 6.45) is 3.00. The Hall–Kier alpha value is -0.930. The molecule has 82 valence electrons. The Labute approximate surface area is 93.3 Å². The lowest BCUT2D eigenvalue weighted by Crippen LogP contribution is -2.51. The first-order valence-electron chi connectivity index (χ1n) is 4.53. The Morgan fingerprint density at radius 2 is 2.40 bits per heavy atom. The number of aliphatic hydroxyl groups is 1. The van der Waals surface area contributed by atoms with Gasteiger partial charge in [-0.15, -0.1) is 0 Å². The van der Waals surface area contributed by atoms with Gasteiger partial charge in [-0.1, -0.05) is 11.6 Å². The van der Waals surface area contributed by atoms with Crippen LogP contribution in [0.15, 0.2) is 22.8 Å². The van der Waals surface area contributed by atoms with Crippen LogP contribution in [0.5, 0.6) is 0 Å². The van der Waals surface area contributed by atoms with Gasteiger partial charge in [-0.2, -0.15) is 0 Å². The molecule has 0 saturated carbocycles. The number of aliphatic hydroxyl groups excluding tert-OH is 1. The fourth-order valence-electron chi connectivity index (χ4n) is 1.15. The molecule has 0 bridgehead atoms. The molecule has 1 aliphatic heterocycles. The van der Waals surface area contributed by atoms with Gasteiger partial charge in [0, 0.05) is 11.7 Å². The summed E-state index contributed by atoms with van der Waals surface area (Å²) in [7, 11) is 0. The van der Waals surface area contributed by atoms with Gasteiger partial charge < -0.3 is 5.11 Å². The van der Waals surface area contributed by atoms with Crippen LogP contribution in [0.4, 0.5) is 0 Å². The molecule has 5 heteroatoms. The fraction of sp³-hybridized carbons (Fsp3) is 0.500. The number of nitrogens with one attached hydrogen (secondary N) is 1. The van der Waals surface area contributed by atoms with Crippen LogP contribution in [-0.2, 0) is 4.79 Å². The van der Waals surface area contributed by atoms with Crippen LogP contribution in [0.1, 0.15) is 13.8 Å². The van der Waals surface area contributed by atoms with E-state index >= 15 is 0 Å². The van der Waals surface area contributed by atoms with E-state index in [1.54, 1.807) is 25.9 Å². The largest absolute Gasteiger partial charge is 0.394 e. The van der Waals surface area contributed by atoms with E-state index in [9.17, 15) is 4.79 Å². The molecule has 4 nitrogen and oxygen atoms in total. The second kappa shape index (κ2) is 4.73. The zero-order valence-corrected chi connectivity index (χ0v) is 9.38. The fourth-order valence-corrected chi connectivity index (χ4v) is 1.38. The first-order valence-corrected chi connectivity index (χ1v) is 4.91. The molecule has 0 aromatic carbocycles. The molecule has 0 radical (unpaired) electrons. The highest BCUT2D eigenvalue weighted by Gasteiger charge is 2.28. The molecule has 0 fully saturated rings. The molecule has 1 unspecified atom stereocenters. The molecular weight excluding hydrogens is 216 g/mol. The van der Waals surface area contributed by atoms with Crippen molar-refractivity contribution in [3.05, 3.63) is 17.8 Å². The summed E-state index contributed by atoms with van der Waals surface area (Å²) >= 11 is 5.87. The third-order valence-corrected chi connectivity index (χ3v) is 2.37. The van der Waals surface area contributed by atoms with Gasteiger partial charge in [0.15, 0.2) is 0 Å². The summed E-state index contributed by atoms with van der Waals surface area (Å²) in [6.45, 7) is 3.54. The highest BCUT2D eigenvalue weighted by atomic mass is 35.5. The van der Waals surface area contributed by atoms with Gasteiger partial charge in [0.1, 0.15) is 11.1 Å². The van der Waals surface area contributed by atoms with Crippen LogP contribution in [-0.4, -0.2) is 34.4 Å². The molecule has 1 rings (SSSR count). The topological polar surface area (TPSA) is 61.7 Å². The quantitative estimate of drug-likeness (QED) is 0.697. The average Bonchev–Trinajstić information content (AvgIpc) is 2.21. The number of rotatable bonds is 3. The van der Waals surface area contributed by atoms with E-state index < -0.39 is 11.6 Å². The molecule has 0 spiro atoms. The van der Waals surface area contributed by atoms with Crippen molar-refractivity contribution < 1.29 is 9.90 Å². The van der Waals surface area contributed by atoms with Crippen LogP contribution in [0.3, 0.4) is 0 Å². The molecule has 1 atom stereocenters. The average molecular weight is 229 g/mol. The standard InChI is InChI=1S/C10H13ClN2O2/c1-10(2,6-15)13-8-7(5-14)3-4-12-9(8)11/h3-4,8,13,15H,6H2,1-2H3. The molecule has 0 aliphatic carbocycles. The molecule has 15 heavy (non-hydrogen) atoms. The molecular formula is C10H13ClN2O2. The van der Waals surface area contributed by atoms with E-state index in [0.717, 1.165) is 0 Å². The molecule has 0 aromatic heterocycles. The van der Waals surface area contributed by atoms with E-state index in [0.29, 0.717) is 5.57 Å². The van der Waals surface area contributed by atoms with Gasteiger partial charge in [0.25, 0.3) is 0 Å². The number of halogens is 1. The SMILES string of the molecule is CC(C)(CO)NC1C(=C=O)C=CN=C1Cl. The van der Waals surface area contributed by atoms with Gasteiger partial charge >= 0.3 is 0 Å². The summed E-state index contributed by atoms with van der Waals surface area (Å²) in [5.41, 5.74) is -0.148. The maximum absolute atomic E-state index is 10.7. The van der Waals surface area contributed by atoms with Gasteiger partial charge in [-0.05, 0) is 19.9 Å². The van der Waals surface area contributed by atoms with Crippen molar-refractivity contribution in [2.24, 2.45) is 4.99 Å². The van der Waals surface area contributed by atoms with Gasteiger partial charge in [-0.25, -0.2) is 9.79 Å². The third-order valence-electron chi connectivity index (χ3n) is 2.05. The lowest BCUT2D eigenvalue weighted by Gasteiger charge is -2.30. The van der Waals surface area contributed by atoms with Crippen molar-refractivity contribution in [2.75, 3.05) is 6.61 Å². The molecule has 2 N–H and O–H groups in total. The number of hydrogen-bond acceptors (Lipinski definition) is 4. The summed E-state index contributed by atoms with van der Waals surface area (Å²) in [6, 6.07) is -0.490. The maximum atomic E-state index is 10.7. The lowest BCUT2D eigenvalue weighted by atomic mass is 10.0. The predicted octanol–water partition coefficient (Wildman–Crippen LogP) is 0.638. The minimum absolute atomic E-state index is 0.0660. The minimum Gasteiger partial charge on any atom is -0.394 e. The van der Waals surface area contributed by atoms with E-state index in [2.05, 4.69) is 10.3 Å². The van der Waals surface area contributed by atoms with Crippen molar-refractivity contribution in [3.63, 3.8) is 0 Å². The summed E-state index contributed by atoms with van der Waals surface area (Å²) in [4.78, 5) is 14.5. The van der Waals surface area contributed by atoms with Crippen LogP contribution < -0.4 is 5.32 Å². The Bertz CT molecular complexity index is 354.